The number of carbonyl (C=O) groups is 3. The molecule has 0 aliphatic carbocycles. The van der Waals surface area contributed by atoms with Gasteiger partial charge in [-0.15, -0.1) is 11.3 Å². The third-order valence-electron chi connectivity index (χ3n) is 5.01. The highest BCUT2D eigenvalue weighted by molar-refractivity contribution is 7.10. The van der Waals surface area contributed by atoms with Gasteiger partial charge in [0.2, 0.25) is 5.91 Å². The number of methoxy groups -OCH3 is 1. The van der Waals surface area contributed by atoms with Crippen molar-refractivity contribution in [3.05, 3.63) is 51.7 Å². The van der Waals surface area contributed by atoms with E-state index in [0.717, 1.165) is 15.3 Å². The standard InChI is InChI=1S/C20H23N3O4S/c1-13-9-10-28-16(13)11-22(3)17(24)12-23-18(25)20(2,21-19(23)26)14-5-7-15(27-4)8-6-14/h5-10H,11-12H2,1-4H3,(H,21,26)/t20-/m1/s1. The van der Waals surface area contributed by atoms with Crippen LogP contribution in [0, 0.1) is 6.92 Å². The molecule has 0 bridgehead atoms. The summed E-state index contributed by atoms with van der Waals surface area (Å²) in [6.07, 6.45) is 0. The lowest BCUT2D eigenvalue weighted by Gasteiger charge is -2.23. The van der Waals surface area contributed by atoms with Gasteiger partial charge in [0.25, 0.3) is 5.91 Å². The van der Waals surface area contributed by atoms with Gasteiger partial charge in [-0.05, 0) is 48.6 Å². The van der Waals surface area contributed by atoms with Crippen molar-refractivity contribution in [2.75, 3.05) is 20.7 Å². The summed E-state index contributed by atoms with van der Waals surface area (Å²) in [5, 5.41) is 4.68. The number of imide groups is 1. The van der Waals surface area contributed by atoms with E-state index in [1.807, 2.05) is 18.4 Å². The van der Waals surface area contributed by atoms with E-state index in [1.165, 1.54) is 4.90 Å². The number of urea groups is 1. The van der Waals surface area contributed by atoms with Gasteiger partial charge in [0.15, 0.2) is 0 Å². The number of aryl methyl sites for hydroxylation is 1. The molecule has 7 nitrogen and oxygen atoms in total. The molecule has 1 N–H and O–H groups in total. The van der Waals surface area contributed by atoms with Gasteiger partial charge in [0.05, 0.1) is 13.7 Å². The number of nitrogens with one attached hydrogen (secondary N) is 1. The molecular formula is C20H23N3O4S. The van der Waals surface area contributed by atoms with E-state index in [0.29, 0.717) is 17.9 Å². The summed E-state index contributed by atoms with van der Waals surface area (Å²) in [5.74, 6) is -0.0892. The molecule has 1 atom stereocenters. The molecule has 0 radical (unpaired) electrons. The highest BCUT2D eigenvalue weighted by Gasteiger charge is 2.49. The summed E-state index contributed by atoms with van der Waals surface area (Å²) >= 11 is 1.58. The number of carbonyl (C=O) groups excluding carboxylic acids is 3. The lowest BCUT2D eigenvalue weighted by molar-refractivity contribution is -0.138. The SMILES string of the molecule is COc1ccc([C@@]2(C)NC(=O)N(CC(=O)N(C)Cc3sccc3C)C2=O)cc1. The summed E-state index contributed by atoms with van der Waals surface area (Å²) < 4.78 is 5.13. The van der Waals surface area contributed by atoms with Crippen LogP contribution in [0.15, 0.2) is 35.7 Å². The third kappa shape index (κ3) is 3.60. The number of hydrogen-bond donors (Lipinski definition) is 1. The molecule has 3 rings (SSSR count). The molecular weight excluding hydrogens is 378 g/mol. The summed E-state index contributed by atoms with van der Waals surface area (Å²) in [4.78, 5) is 41.6. The molecule has 1 aromatic carbocycles. The first-order valence-corrected chi connectivity index (χ1v) is 9.70. The van der Waals surface area contributed by atoms with Gasteiger partial charge >= 0.3 is 6.03 Å². The Morgan fingerprint density at radius 1 is 1.25 bits per heavy atom. The van der Waals surface area contributed by atoms with Gasteiger partial charge in [-0.25, -0.2) is 4.79 Å². The van der Waals surface area contributed by atoms with Gasteiger partial charge < -0.3 is 15.0 Å². The lowest BCUT2D eigenvalue weighted by Crippen LogP contribution is -2.43. The van der Waals surface area contributed by atoms with Crippen molar-refractivity contribution < 1.29 is 19.1 Å². The Morgan fingerprint density at radius 2 is 1.93 bits per heavy atom. The first-order chi connectivity index (χ1) is 13.3. The zero-order chi connectivity index (χ0) is 20.5. The molecule has 2 aromatic rings. The second kappa shape index (κ2) is 7.63. The van der Waals surface area contributed by atoms with Gasteiger partial charge in [0.1, 0.15) is 17.8 Å². The average molecular weight is 401 g/mol. The van der Waals surface area contributed by atoms with Crippen LogP contribution in [0.25, 0.3) is 0 Å². The van der Waals surface area contributed by atoms with Crippen LogP contribution in [0.5, 0.6) is 5.75 Å². The third-order valence-corrected chi connectivity index (χ3v) is 6.02. The van der Waals surface area contributed by atoms with Crippen molar-refractivity contribution in [3.63, 3.8) is 0 Å². The van der Waals surface area contributed by atoms with Crippen LogP contribution < -0.4 is 10.1 Å². The normalized spacial score (nSPS) is 18.9. The summed E-state index contributed by atoms with van der Waals surface area (Å²) in [5.41, 5.74) is 0.530. The Labute approximate surface area is 167 Å². The zero-order valence-electron chi connectivity index (χ0n) is 16.3. The number of amides is 4. The fraction of sp³-hybridized carbons (Fsp3) is 0.350. The number of likely N-dealkylation sites (N-methyl/N-ethyl adjacent to an activating group) is 1. The fourth-order valence-electron chi connectivity index (χ4n) is 3.09. The van der Waals surface area contributed by atoms with E-state index in [4.69, 9.17) is 4.74 Å². The van der Waals surface area contributed by atoms with E-state index in [1.54, 1.807) is 56.7 Å². The number of rotatable bonds is 6. The molecule has 0 unspecified atom stereocenters. The first-order valence-electron chi connectivity index (χ1n) is 8.82. The van der Waals surface area contributed by atoms with Gasteiger partial charge in [0, 0.05) is 11.9 Å². The molecule has 0 saturated carbocycles. The minimum Gasteiger partial charge on any atom is -0.497 e. The molecule has 1 aromatic heterocycles. The molecule has 8 heteroatoms. The Balaban J connectivity index is 1.72. The summed E-state index contributed by atoms with van der Waals surface area (Å²) in [6, 6.07) is 8.34. The molecule has 1 aliphatic rings. The van der Waals surface area contributed by atoms with E-state index in [2.05, 4.69) is 5.32 Å². The lowest BCUT2D eigenvalue weighted by atomic mass is 9.92. The maximum Gasteiger partial charge on any atom is 0.325 e. The van der Waals surface area contributed by atoms with E-state index in [-0.39, 0.29) is 12.5 Å². The molecule has 0 spiro atoms. The number of nitrogens with zero attached hydrogens (tertiary/aromatic N) is 2. The van der Waals surface area contributed by atoms with Crippen molar-refractivity contribution in [1.82, 2.24) is 15.1 Å². The Morgan fingerprint density at radius 3 is 2.50 bits per heavy atom. The monoisotopic (exact) mass is 401 g/mol. The van der Waals surface area contributed by atoms with E-state index in [9.17, 15) is 14.4 Å². The van der Waals surface area contributed by atoms with Crippen molar-refractivity contribution in [2.45, 2.75) is 25.9 Å². The molecule has 28 heavy (non-hydrogen) atoms. The Hall–Kier alpha value is -2.87. The molecule has 148 valence electrons. The fourth-order valence-corrected chi connectivity index (χ4v) is 4.04. The number of ether oxygens (including phenoxy) is 1. The zero-order valence-corrected chi connectivity index (χ0v) is 17.1. The van der Waals surface area contributed by atoms with Crippen molar-refractivity contribution in [1.29, 1.82) is 0 Å². The summed E-state index contributed by atoms with van der Waals surface area (Å²) in [7, 11) is 3.23. The van der Waals surface area contributed by atoms with Crippen molar-refractivity contribution in [3.8, 4) is 5.75 Å². The number of thiophene rings is 1. The second-order valence-corrected chi connectivity index (χ2v) is 7.95. The minimum atomic E-state index is -1.22. The maximum absolute atomic E-state index is 13.0. The van der Waals surface area contributed by atoms with E-state index >= 15 is 0 Å². The van der Waals surface area contributed by atoms with Crippen molar-refractivity contribution in [2.24, 2.45) is 0 Å². The average Bonchev–Trinajstić information content (AvgIpc) is 3.18. The van der Waals surface area contributed by atoms with Crippen LogP contribution >= 0.6 is 11.3 Å². The molecule has 1 aliphatic heterocycles. The maximum atomic E-state index is 13.0. The number of benzene rings is 1. The minimum absolute atomic E-state index is 0.294. The van der Waals surface area contributed by atoms with Crippen molar-refractivity contribution >= 4 is 29.2 Å². The van der Waals surface area contributed by atoms with Crippen LogP contribution in [0.1, 0.15) is 22.9 Å². The first kappa shape index (κ1) is 19.9. The smallest absolute Gasteiger partial charge is 0.325 e. The topological polar surface area (TPSA) is 79.0 Å². The van der Waals surface area contributed by atoms with E-state index < -0.39 is 17.5 Å². The van der Waals surface area contributed by atoms with Gasteiger partial charge in [-0.1, -0.05) is 12.1 Å². The Bertz CT molecular complexity index is 908. The summed E-state index contributed by atoms with van der Waals surface area (Å²) in [6.45, 7) is 3.78. The van der Waals surface area contributed by atoms with Crippen LogP contribution in [-0.4, -0.2) is 48.3 Å². The van der Waals surface area contributed by atoms with Crippen LogP contribution in [0.4, 0.5) is 4.79 Å². The molecule has 4 amide bonds. The highest BCUT2D eigenvalue weighted by Crippen LogP contribution is 2.30. The second-order valence-electron chi connectivity index (χ2n) is 6.95. The highest BCUT2D eigenvalue weighted by atomic mass is 32.1. The predicted octanol–water partition coefficient (Wildman–Crippen LogP) is 2.49. The van der Waals surface area contributed by atoms with Crippen LogP contribution in [0.3, 0.4) is 0 Å². The number of hydrogen-bond acceptors (Lipinski definition) is 5. The largest absolute Gasteiger partial charge is 0.497 e. The molecule has 1 saturated heterocycles. The molecule has 1 fully saturated rings. The van der Waals surface area contributed by atoms with Crippen LogP contribution in [-0.2, 0) is 21.7 Å². The van der Waals surface area contributed by atoms with Gasteiger partial charge in [-0.2, -0.15) is 0 Å². The Kier molecular flexibility index (Phi) is 5.42. The quantitative estimate of drug-likeness (QED) is 0.755. The predicted molar refractivity (Wildman–Crippen MR) is 106 cm³/mol. The van der Waals surface area contributed by atoms with Gasteiger partial charge in [-0.3, -0.25) is 14.5 Å². The van der Waals surface area contributed by atoms with Crippen LogP contribution in [0.2, 0.25) is 0 Å². The molecule has 2 heterocycles.